The van der Waals surface area contributed by atoms with Gasteiger partial charge in [-0.3, -0.25) is 4.79 Å². The first-order chi connectivity index (χ1) is 6.63. The van der Waals surface area contributed by atoms with Crippen molar-refractivity contribution in [2.45, 2.75) is 26.3 Å². The summed E-state index contributed by atoms with van der Waals surface area (Å²) in [5.74, 6) is 0.123. The number of likely N-dealkylation sites (N-methyl/N-ethyl adjacent to an activating group) is 1. The van der Waals surface area contributed by atoms with Crippen LogP contribution in [0.25, 0.3) is 0 Å². The smallest absolute Gasteiger partial charge is 0.159 e. The van der Waals surface area contributed by atoms with Crippen molar-refractivity contribution >= 4 is 5.78 Å². The molecule has 0 aromatic heterocycles. The van der Waals surface area contributed by atoms with Crippen LogP contribution in [0.3, 0.4) is 0 Å². The molecule has 0 radical (unpaired) electrons. The molecule has 0 amide bonds. The molecule has 0 saturated carbocycles. The molecule has 1 aromatic rings. The molecule has 0 aliphatic rings. The second-order valence-electron chi connectivity index (χ2n) is 3.65. The van der Waals surface area contributed by atoms with E-state index in [1.807, 2.05) is 31.3 Å². The topological polar surface area (TPSA) is 29.1 Å². The summed E-state index contributed by atoms with van der Waals surface area (Å²) in [6.45, 7) is 3.73. The first-order valence-corrected chi connectivity index (χ1v) is 4.90. The van der Waals surface area contributed by atoms with Crippen molar-refractivity contribution < 1.29 is 4.79 Å². The summed E-state index contributed by atoms with van der Waals surface area (Å²) in [5, 5.41) is 3.18. The number of ketones is 1. The van der Waals surface area contributed by atoms with Gasteiger partial charge in [0.25, 0.3) is 0 Å². The van der Waals surface area contributed by atoms with Crippen molar-refractivity contribution in [3.8, 4) is 0 Å². The second-order valence-corrected chi connectivity index (χ2v) is 3.65. The lowest BCUT2D eigenvalue weighted by Crippen LogP contribution is -2.23. The zero-order valence-electron chi connectivity index (χ0n) is 9.00. The highest BCUT2D eigenvalue weighted by Crippen LogP contribution is 2.07. The molecule has 0 spiro atoms. The van der Waals surface area contributed by atoms with Crippen molar-refractivity contribution in [3.05, 3.63) is 35.4 Å². The van der Waals surface area contributed by atoms with E-state index in [-0.39, 0.29) is 5.78 Å². The van der Waals surface area contributed by atoms with E-state index in [9.17, 15) is 4.79 Å². The van der Waals surface area contributed by atoms with Gasteiger partial charge in [0.1, 0.15) is 0 Å². The minimum absolute atomic E-state index is 0.123. The summed E-state index contributed by atoms with van der Waals surface area (Å²) >= 11 is 0. The first-order valence-electron chi connectivity index (χ1n) is 4.90. The molecule has 1 aromatic carbocycles. The number of carbonyl (C=O) groups excluding carboxylic acids is 1. The molecular weight excluding hydrogens is 174 g/mol. The predicted molar refractivity (Wildman–Crippen MR) is 58.7 cm³/mol. The number of hydrogen-bond acceptors (Lipinski definition) is 2. The van der Waals surface area contributed by atoms with Crippen LogP contribution in [0.15, 0.2) is 24.3 Å². The van der Waals surface area contributed by atoms with Gasteiger partial charge in [0, 0.05) is 11.6 Å². The number of rotatable bonds is 4. The summed E-state index contributed by atoms with van der Waals surface area (Å²) in [5.41, 5.74) is 2.04. The highest BCUT2D eigenvalue weighted by atomic mass is 16.1. The molecule has 1 N–H and O–H groups in total. The minimum atomic E-state index is 0.123. The Bertz CT molecular complexity index is 303. The van der Waals surface area contributed by atoms with Crippen LogP contribution in [0.1, 0.15) is 29.8 Å². The lowest BCUT2D eigenvalue weighted by atomic mass is 10.0. The maximum Gasteiger partial charge on any atom is 0.159 e. The third kappa shape index (κ3) is 2.96. The second kappa shape index (κ2) is 4.91. The van der Waals surface area contributed by atoms with Crippen LogP contribution in [0.5, 0.6) is 0 Å². The van der Waals surface area contributed by atoms with Crippen LogP contribution in [0.4, 0.5) is 0 Å². The number of Topliss-reactive ketones (excluding diaryl/α,β-unsaturated/α-hetero) is 1. The molecule has 0 aliphatic carbocycles. The summed E-state index contributed by atoms with van der Waals surface area (Å²) < 4.78 is 0. The number of nitrogens with one attached hydrogen (secondary N) is 1. The molecule has 0 fully saturated rings. The third-order valence-corrected chi connectivity index (χ3v) is 2.40. The summed E-state index contributed by atoms with van der Waals surface area (Å²) in [4.78, 5) is 11.0. The average Bonchev–Trinajstić information content (AvgIpc) is 2.18. The lowest BCUT2D eigenvalue weighted by molar-refractivity contribution is 0.101. The van der Waals surface area contributed by atoms with E-state index in [2.05, 4.69) is 12.2 Å². The molecule has 1 atom stereocenters. The molecule has 2 heteroatoms. The van der Waals surface area contributed by atoms with Crippen LogP contribution >= 0.6 is 0 Å². The number of carbonyl (C=O) groups is 1. The summed E-state index contributed by atoms with van der Waals surface area (Å²) in [7, 11) is 1.95. The first kappa shape index (κ1) is 10.9. The van der Waals surface area contributed by atoms with Crippen LogP contribution < -0.4 is 5.32 Å². The van der Waals surface area contributed by atoms with Crippen LogP contribution in [-0.4, -0.2) is 18.9 Å². The van der Waals surface area contributed by atoms with Crippen molar-refractivity contribution in [2.24, 2.45) is 0 Å². The zero-order valence-corrected chi connectivity index (χ0v) is 9.00. The van der Waals surface area contributed by atoms with Crippen molar-refractivity contribution in [1.29, 1.82) is 0 Å². The monoisotopic (exact) mass is 191 g/mol. The van der Waals surface area contributed by atoms with Crippen LogP contribution in [0, 0.1) is 0 Å². The van der Waals surface area contributed by atoms with Gasteiger partial charge in [-0.05, 0) is 32.9 Å². The van der Waals surface area contributed by atoms with Gasteiger partial charge < -0.3 is 5.32 Å². The quantitative estimate of drug-likeness (QED) is 0.738. The van der Waals surface area contributed by atoms with E-state index in [1.54, 1.807) is 6.92 Å². The molecule has 2 nitrogen and oxygen atoms in total. The van der Waals surface area contributed by atoms with E-state index >= 15 is 0 Å². The molecule has 0 bridgehead atoms. The Morgan fingerprint density at radius 1 is 1.36 bits per heavy atom. The SMILES string of the molecule is CN[C@@H](C)Cc1ccc(C(C)=O)cc1. The molecule has 14 heavy (non-hydrogen) atoms. The third-order valence-electron chi connectivity index (χ3n) is 2.40. The Morgan fingerprint density at radius 3 is 2.36 bits per heavy atom. The Labute approximate surface area is 85.3 Å². The van der Waals surface area contributed by atoms with Crippen molar-refractivity contribution in [3.63, 3.8) is 0 Å². The van der Waals surface area contributed by atoms with Gasteiger partial charge in [0.05, 0.1) is 0 Å². The average molecular weight is 191 g/mol. The number of hydrogen-bond donors (Lipinski definition) is 1. The Kier molecular flexibility index (Phi) is 3.84. The molecule has 0 unspecified atom stereocenters. The lowest BCUT2D eigenvalue weighted by Gasteiger charge is -2.09. The Hall–Kier alpha value is -1.15. The van der Waals surface area contributed by atoms with Gasteiger partial charge in [-0.15, -0.1) is 0 Å². The van der Waals surface area contributed by atoms with Gasteiger partial charge in [-0.25, -0.2) is 0 Å². The summed E-state index contributed by atoms with van der Waals surface area (Å²) in [6.07, 6.45) is 0.995. The van der Waals surface area contributed by atoms with Gasteiger partial charge >= 0.3 is 0 Å². The van der Waals surface area contributed by atoms with Gasteiger partial charge in [0.15, 0.2) is 5.78 Å². The largest absolute Gasteiger partial charge is 0.317 e. The highest BCUT2D eigenvalue weighted by molar-refractivity contribution is 5.93. The van der Waals surface area contributed by atoms with Crippen LogP contribution in [0.2, 0.25) is 0 Å². The van der Waals surface area contributed by atoms with Crippen molar-refractivity contribution in [1.82, 2.24) is 5.32 Å². The molecule has 1 rings (SSSR count). The zero-order chi connectivity index (χ0) is 10.6. The molecule has 0 heterocycles. The van der Waals surface area contributed by atoms with Gasteiger partial charge in [0.2, 0.25) is 0 Å². The van der Waals surface area contributed by atoms with E-state index in [0.29, 0.717) is 6.04 Å². The van der Waals surface area contributed by atoms with E-state index < -0.39 is 0 Å². The summed E-state index contributed by atoms with van der Waals surface area (Å²) in [6, 6.07) is 8.29. The van der Waals surface area contributed by atoms with Crippen molar-refractivity contribution in [2.75, 3.05) is 7.05 Å². The van der Waals surface area contributed by atoms with E-state index in [4.69, 9.17) is 0 Å². The normalized spacial score (nSPS) is 12.5. The van der Waals surface area contributed by atoms with E-state index in [1.165, 1.54) is 5.56 Å². The molecular formula is C12H17NO. The number of benzene rings is 1. The van der Waals surface area contributed by atoms with E-state index in [0.717, 1.165) is 12.0 Å². The Morgan fingerprint density at radius 2 is 1.93 bits per heavy atom. The maximum atomic E-state index is 11.0. The highest BCUT2D eigenvalue weighted by Gasteiger charge is 2.02. The van der Waals surface area contributed by atoms with Gasteiger partial charge in [-0.2, -0.15) is 0 Å². The minimum Gasteiger partial charge on any atom is -0.317 e. The maximum absolute atomic E-state index is 11.0. The standard InChI is InChI=1S/C12H17NO/c1-9(13-3)8-11-4-6-12(7-5-11)10(2)14/h4-7,9,13H,8H2,1-3H3/t9-/m0/s1. The predicted octanol–water partition coefficient (Wildman–Crippen LogP) is 2.04. The fourth-order valence-electron chi connectivity index (χ4n) is 1.33. The molecule has 0 saturated heterocycles. The molecule has 76 valence electrons. The van der Waals surface area contributed by atoms with Gasteiger partial charge in [-0.1, -0.05) is 24.3 Å². The fourth-order valence-corrected chi connectivity index (χ4v) is 1.33. The molecule has 0 aliphatic heterocycles. The Balaban J connectivity index is 2.68. The fraction of sp³-hybridized carbons (Fsp3) is 0.417. The van der Waals surface area contributed by atoms with Crippen LogP contribution in [-0.2, 0) is 6.42 Å².